The molecule has 0 saturated heterocycles. The molecule has 2 heteroatoms. The number of rotatable bonds is 5. The van der Waals surface area contributed by atoms with Crippen LogP contribution in [-0.2, 0) is 6.42 Å². The summed E-state index contributed by atoms with van der Waals surface area (Å²) in [6, 6.07) is 6.27. The normalized spacial score (nSPS) is 16.4. The third-order valence-electron chi connectivity index (χ3n) is 3.75. The molecular weight excluding hydrogens is 210 g/mol. The Morgan fingerprint density at radius 2 is 2.06 bits per heavy atom. The first kappa shape index (κ1) is 14.0. The SMILES string of the molecule is CCC(C)C(C)(N)Cc1cc(C)ccc1OC. The Morgan fingerprint density at radius 3 is 2.59 bits per heavy atom. The lowest BCUT2D eigenvalue weighted by Gasteiger charge is -2.31. The van der Waals surface area contributed by atoms with E-state index in [0.29, 0.717) is 5.92 Å². The molecule has 0 aliphatic carbocycles. The lowest BCUT2D eigenvalue weighted by atomic mass is 9.80. The number of hydrogen-bond donors (Lipinski definition) is 1. The summed E-state index contributed by atoms with van der Waals surface area (Å²) in [5.74, 6) is 1.43. The van der Waals surface area contributed by atoms with Crippen molar-refractivity contribution in [3.63, 3.8) is 0 Å². The number of hydrogen-bond acceptors (Lipinski definition) is 2. The number of methoxy groups -OCH3 is 1. The lowest BCUT2D eigenvalue weighted by Crippen LogP contribution is -2.44. The zero-order chi connectivity index (χ0) is 13.1. The molecule has 2 atom stereocenters. The van der Waals surface area contributed by atoms with Crippen molar-refractivity contribution in [2.45, 2.75) is 46.1 Å². The zero-order valence-electron chi connectivity index (χ0n) is 11.7. The van der Waals surface area contributed by atoms with Crippen LogP contribution in [0.1, 0.15) is 38.3 Å². The molecule has 2 nitrogen and oxygen atoms in total. The molecule has 0 aliphatic heterocycles. The minimum Gasteiger partial charge on any atom is -0.496 e. The second kappa shape index (κ2) is 5.54. The Balaban J connectivity index is 2.97. The van der Waals surface area contributed by atoms with Crippen molar-refractivity contribution in [3.05, 3.63) is 29.3 Å². The zero-order valence-corrected chi connectivity index (χ0v) is 11.7. The third kappa shape index (κ3) is 3.47. The van der Waals surface area contributed by atoms with E-state index in [-0.39, 0.29) is 5.54 Å². The summed E-state index contributed by atoms with van der Waals surface area (Å²) in [6.07, 6.45) is 1.95. The Morgan fingerprint density at radius 1 is 1.41 bits per heavy atom. The highest BCUT2D eigenvalue weighted by Crippen LogP contribution is 2.28. The first-order valence-electron chi connectivity index (χ1n) is 6.33. The maximum Gasteiger partial charge on any atom is 0.122 e. The van der Waals surface area contributed by atoms with Gasteiger partial charge < -0.3 is 10.5 Å². The number of nitrogens with two attached hydrogens (primary N) is 1. The van der Waals surface area contributed by atoms with Gasteiger partial charge in [-0.2, -0.15) is 0 Å². The fourth-order valence-electron chi connectivity index (χ4n) is 2.10. The first-order valence-corrected chi connectivity index (χ1v) is 6.33. The van der Waals surface area contributed by atoms with Gasteiger partial charge in [0.25, 0.3) is 0 Å². The highest BCUT2D eigenvalue weighted by Gasteiger charge is 2.26. The van der Waals surface area contributed by atoms with Crippen molar-refractivity contribution in [1.82, 2.24) is 0 Å². The molecule has 2 unspecified atom stereocenters. The van der Waals surface area contributed by atoms with Gasteiger partial charge in [-0.15, -0.1) is 0 Å². The molecule has 0 saturated carbocycles. The van der Waals surface area contributed by atoms with Crippen LogP contribution in [0.5, 0.6) is 5.75 Å². The molecule has 0 aromatic heterocycles. The maximum atomic E-state index is 6.42. The monoisotopic (exact) mass is 235 g/mol. The summed E-state index contributed by atoms with van der Waals surface area (Å²) >= 11 is 0. The predicted octanol–water partition coefficient (Wildman–Crippen LogP) is 3.31. The standard InChI is InChI=1S/C15H25NO/c1-6-12(3)15(4,16)10-13-9-11(2)7-8-14(13)17-5/h7-9,12H,6,10,16H2,1-5H3. The van der Waals surface area contributed by atoms with Gasteiger partial charge in [-0.05, 0) is 37.8 Å². The molecule has 17 heavy (non-hydrogen) atoms. The smallest absolute Gasteiger partial charge is 0.122 e. The van der Waals surface area contributed by atoms with Gasteiger partial charge in [0.05, 0.1) is 7.11 Å². The average molecular weight is 235 g/mol. The van der Waals surface area contributed by atoms with Crippen LogP contribution < -0.4 is 10.5 Å². The van der Waals surface area contributed by atoms with Gasteiger partial charge in [-0.3, -0.25) is 0 Å². The van der Waals surface area contributed by atoms with Crippen LogP contribution in [0.25, 0.3) is 0 Å². The maximum absolute atomic E-state index is 6.42. The summed E-state index contributed by atoms with van der Waals surface area (Å²) in [5, 5.41) is 0. The van der Waals surface area contributed by atoms with Crippen LogP contribution in [-0.4, -0.2) is 12.6 Å². The fourth-order valence-corrected chi connectivity index (χ4v) is 2.10. The summed E-state index contributed by atoms with van der Waals surface area (Å²) < 4.78 is 5.40. The average Bonchev–Trinajstić information content (AvgIpc) is 2.27. The van der Waals surface area contributed by atoms with Crippen molar-refractivity contribution in [1.29, 1.82) is 0 Å². The van der Waals surface area contributed by atoms with E-state index < -0.39 is 0 Å². The molecule has 0 aliphatic rings. The molecular formula is C15H25NO. The van der Waals surface area contributed by atoms with Crippen LogP contribution >= 0.6 is 0 Å². The van der Waals surface area contributed by atoms with E-state index in [9.17, 15) is 0 Å². The minimum atomic E-state index is -0.185. The molecule has 0 bridgehead atoms. The number of ether oxygens (including phenoxy) is 1. The van der Waals surface area contributed by atoms with Gasteiger partial charge in [-0.25, -0.2) is 0 Å². The quantitative estimate of drug-likeness (QED) is 0.849. The number of benzene rings is 1. The molecule has 1 rings (SSSR count). The van der Waals surface area contributed by atoms with Gasteiger partial charge in [0.15, 0.2) is 0 Å². The van der Waals surface area contributed by atoms with Crippen molar-refractivity contribution < 1.29 is 4.74 Å². The summed E-state index contributed by atoms with van der Waals surface area (Å²) in [4.78, 5) is 0. The van der Waals surface area contributed by atoms with Crippen LogP contribution in [0.3, 0.4) is 0 Å². The minimum absolute atomic E-state index is 0.185. The molecule has 0 heterocycles. The Labute approximate surface area is 105 Å². The van der Waals surface area contributed by atoms with E-state index in [4.69, 9.17) is 10.5 Å². The molecule has 0 amide bonds. The van der Waals surface area contributed by atoms with Crippen molar-refractivity contribution >= 4 is 0 Å². The second-order valence-electron chi connectivity index (χ2n) is 5.31. The highest BCUT2D eigenvalue weighted by atomic mass is 16.5. The van der Waals surface area contributed by atoms with Gasteiger partial charge in [-0.1, -0.05) is 38.0 Å². The largest absolute Gasteiger partial charge is 0.496 e. The molecule has 1 aromatic rings. The summed E-state index contributed by atoms with van der Waals surface area (Å²) in [6.45, 7) is 8.62. The summed E-state index contributed by atoms with van der Waals surface area (Å²) in [5.41, 5.74) is 8.69. The van der Waals surface area contributed by atoms with Gasteiger partial charge in [0.2, 0.25) is 0 Å². The summed E-state index contributed by atoms with van der Waals surface area (Å²) in [7, 11) is 1.71. The molecule has 0 fully saturated rings. The van der Waals surface area contributed by atoms with E-state index in [1.165, 1.54) is 11.1 Å². The van der Waals surface area contributed by atoms with E-state index in [1.54, 1.807) is 7.11 Å². The van der Waals surface area contributed by atoms with Crippen LogP contribution in [0.15, 0.2) is 18.2 Å². The highest BCUT2D eigenvalue weighted by molar-refractivity contribution is 5.38. The van der Waals surface area contributed by atoms with Crippen molar-refractivity contribution in [2.75, 3.05) is 7.11 Å². The van der Waals surface area contributed by atoms with Gasteiger partial charge >= 0.3 is 0 Å². The van der Waals surface area contributed by atoms with Crippen molar-refractivity contribution in [3.8, 4) is 5.75 Å². The van der Waals surface area contributed by atoms with E-state index in [1.807, 2.05) is 6.07 Å². The predicted molar refractivity (Wildman–Crippen MR) is 73.5 cm³/mol. The van der Waals surface area contributed by atoms with Gasteiger partial charge in [0.1, 0.15) is 5.75 Å². The van der Waals surface area contributed by atoms with E-state index in [2.05, 4.69) is 39.8 Å². The second-order valence-corrected chi connectivity index (χ2v) is 5.31. The first-order chi connectivity index (χ1) is 7.90. The molecule has 96 valence electrons. The van der Waals surface area contributed by atoms with Crippen molar-refractivity contribution in [2.24, 2.45) is 11.7 Å². The topological polar surface area (TPSA) is 35.2 Å². The fraction of sp³-hybridized carbons (Fsp3) is 0.600. The van der Waals surface area contributed by atoms with Crippen LogP contribution in [0.2, 0.25) is 0 Å². The van der Waals surface area contributed by atoms with Crippen LogP contribution in [0.4, 0.5) is 0 Å². The number of aryl methyl sites for hydroxylation is 1. The lowest BCUT2D eigenvalue weighted by molar-refractivity contribution is 0.301. The Hall–Kier alpha value is -1.02. The Kier molecular flexibility index (Phi) is 4.58. The molecule has 0 radical (unpaired) electrons. The molecule has 2 N–H and O–H groups in total. The third-order valence-corrected chi connectivity index (χ3v) is 3.75. The van der Waals surface area contributed by atoms with Gasteiger partial charge in [0, 0.05) is 5.54 Å². The van der Waals surface area contributed by atoms with E-state index in [0.717, 1.165) is 18.6 Å². The van der Waals surface area contributed by atoms with Crippen LogP contribution in [0, 0.1) is 12.8 Å². The molecule has 1 aromatic carbocycles. The van der Waals surface area contributed by atoms with E-state index >= 15 is 0 Å². The molecule has 0 spiro atoms. The Bertz CT molecular complexity index is 371.